The number of rotatable bonds is 2. The molecule has 2 heterocycles. The lowest BCUT2D eigenvalue weighted by molar-refractivity contribution is 0.682. The summed E-state index contributed by atoms with van der Waals surface area (Å²) < 4.78 is 1.79. The van der Waals surface area contributed by atoms with Gasteiger partial charge in [0.15, 0.2) is 0 Å². The number of nitrogens with zero attached hydrogens (tertiary/aromatic N) is 3. The Hall–Kier alpha value is -1.36. The Morgan fingerprint density at radius 3 is 3.00 bits per heavy atom. The molecule has 0 spiro atoms. The first kappa shape index (κ1) is 8.25. The highest BCUT2D eigenvalue weighted by Gasteiger charge is 2.00. The van der Waals surface area contributed by atoms with Crippen LogP contribution in [-0.2, 0) is 6.54 Å². The molecule has 0 aromatic carbocycles. The minimum atomic E-state index is 0.688. The average Bonchev–Trinajstić information content (AvgIpc) is 2.62. The lowest BCUT2D eigenvalue weighted by atomic mass is 10.5. The van der Waals surface area contributed by atoms with E-state index in [-0.39, 0.29) is 0 Å². The number of nitrogens with two attached hydrogens (primary N) is 1. The van der Waals surface area contributed by atoms with E-state index in [0.717, 1.165) is 10.7 Å². The van der Waals surface area contributed by atoms with Crippen LogP contribution >= 0.6 is 11.3 Å². The first-order valence-corrected chi connectivity index (χ1v) is 4.81. The minimum absolute atomic E-state index is 0.688. The predicted octanol–water partition coefficient (Wildman–Crippen LogP) is 1.28. The van der Waals surface area contributed by atoms with Gasteiger partial charge in [-0.1, -0.05) is 0 Å². The molecule has 0 amide bonds. The van der Waals surface area contributed by atoms with Gasteiger partial charge in [0.05, 0.1) is 18.4 Å². The van der Waals surface area contributed by atoms with Crippen LogP contribution in [0.25, 0.3) is 0 Å². The lowest BCUT2D eigenvalue weighted by Crippen LogP contribution is -1.99. The Balaban J connectivity index is 2.14. The maximum absolute atomic E-state index is 5.54. The molecule has 0 saturated heterocycles. The summed E-state index contributed by atoms with van der Waals surface area (Å²) in [5, 5.41) is 7.16. The summed E-state index contributed by atoms with van der Waals surface area (Å²) in [4.78, 5) is 4.33. The van der Waals surface area contributed by atoms with E-state index < -0.39 is 0 Å². The fourth-order valence-electron chi connectivity index (χ4n) is 1.08. The van der Waals surface area contributed by atoms with E-state index in [1.807, 2.05) is 12.3 Å². The van der Waals surface area contributed by atoms with Crippen molar-refractivity contribution < 1.29 is 0 Å². The van der Waals surface area contributed by atoms with Gasteiger partial charge in [-0.2, -0.15) is 5.10 Å². The number of thiazole rings is 1. The minimum Gasteiger partial charge on any atom is -0.396 e. The van der Waals surface area contributed by atoms with Gasteiger partial charge in [-0.05, 0) is 6.92 Å². The van der Waals surface area contributed by atoms with E-state index in [0.29, 0.717) is 12.2 Å². The van der Waals surface area contributed by atoms with E-state index in [1.165, 1.54) is 0 Å². The van der Waals surface area contributed by atoms with E-state index in [4.69, 9.17) is 5.73 Å². The van der Waals surface area contributed by atoms with Crippen LogP contribution in [0.3, 0.4) is 0 Å². The first-order chi connectivity index (χ1) is 6.24. The molecule has 0 radical (unpaired) electrons. The van der Waals surface area contributed by atoms with Gasteiger partial charge in [0.25, 0.3) is 0 Å². The van der Waals surface area contributed by atoms with E-state index in [2.05, 4.69) is 10.1 Å². The molecular weight excluding hydrogens is 184 g/mol. The second kappa shape index (κ2) is 3.18. The standard InChI is InChI=1S/C8H10N4S/c1-6-5-13-8(11-6)4-12-3-7(9)2-10-12/h2-3,5H,4,9H2,1H3. The monoisotopic (exact) mass is 194 g/mol. The van der Waals surface area contributed by atoms with Crippen LogP contribution in [0.1, 0.15) is 10.7 Å². The third-order valence-electron chi connectivity index (χ3n) is 1.62. The molecule has 0 aliphatic carbocycles. The van der Waals surface area contributed by atoms with E-state index in [9.17, 15) is 0 Å². The van der Waals surface area contributed by atoms with Gasteiger partial charge in [-0.3, -0.25) is 4.68 Å². The van der Waals surface area contributed by atoms with Crippen LogP contribution < -0.4 is 5.73 Å². The van der Waals surface area contributed by atoms with Gasteiger partial charge in [0, 0.05) is 17.3 Å². The smallest absolute Gasteiger partial charge is 0.114 e. The van der Waals surface area contributed by atoms with Gasteiger partial charge >= 0.3 is 0 Å². The quantitative estimate of drug-likeness (QED) is 0.783. The van der Waals surface area contributed by atoms with Gasteiger partial charge in [0.2, 0.25) is 0 Å². The zero-order valence-corrected chi connectivity index (χ0v) is 8.08. The molecule has 0 aliphatic rings. The van der Waals surface area contributed by atoms with Gasteiger partial charge < -0.3 is 5.73 Å². The van der Waals surface area contributed by atoms with Crippen molar-refractivity contribution in [2.45, 2.75) is 13.5 Å². The van der Waals surface area contributed by atoms with Crippen molar-refractivity contribution in [3.8, 4) is 0 Å². The highest BCUT2D eigenvalue weighted by molar-refractivity contribution is 7.09. The fraction of sp³-hybridized carbons (Fsp3) is 0.250. The molecule has 5 heteroatoms. The van der Waals surface area contributed by atoms with Crippen molar-refractivity contribution in [1.29, 1.82) is 0 Å². The summed E-state index contributed by atoms with van der Waals surface area (Å²) in [6.07, 6.45) is 3.44. The molecule has 0 aliphatic heterocycles. The van der Waals surface area contributed by atoms with Gasteiger partial charge in [-0.25, -0.2) is 4.98 Å². The van der Waals surface area contributed by atoms with Crippen LogP contribution in [0.15, 0.2) is 17.8 Å². The summed E-state index contributed by atoms with van der Waals surface area (Å²) in [6.45, 7) is 2.69. The highest BCUT2D eigenvalue weighted by atomic mass is 32.1. The number of aryl methyl sites for hydroxylation is 1. The highest BCUT2D eigenvalue weighted by Crippen LogP contribution is 2.10. The van der Waals surface area contributed by atoms with E-state index in [1.54, 1.807) is 28.4 Å². The maximum atomic E-state index is 5.54. The van der Waals surface area contributed by atoms with Gasteiger partial charge in [-0.15, -0.1) is 11.3 Å². The molecule has 4 nitrogen and oxygen atoms in total. The topological polar surface area (TPSA) is 56.7 Å². The molecule has 2 N–H and O–H groups in total. The molecule has 0 fully saturated rings. The fourth-order valence-corrected chi connectivity index (χ4v) is 1.84. The molecule has 0 saturated carbocycles. The van der Waals surface area contributed by atoms with Crippen LogP contribution in [-0.4, -0.2) is 14.8 Å². The normalized spacial score (nSPS) is 10.5. The van der Waals surface area contributed by atoms with Crippen LogP contribution in [0.5, 0.6) is 0 Å². The molecule has 68 valence electrons. The molecule has 13 heavy (non-hydrogen) atoms. The van der Waals surface area contributed by atoms with Crippen molar-refractivity contribution in [2.24, 2.45) is 0 Å². The molecule has 0 unspecified atom stereocenters. The summed E-state index contributed by atoms with van der Waals surface area (Å²) >= 11 is 1.64. The number of anilines is 1. The number of hydrogen-bond donors (Lipinski definition) is 1. The Bertz CT molecular complexity index is 365. The van der Waals surface area contributed by atoms with Crippen molar-refractivity contribution >= 4 is 17.0 Å². The second-order valence-corrected chi connectivity index (χ2v) is 3.80. The predicted molar refractivity (Wildman–Crippen MR) is 52.6 cm³/mol. The molecule has 0 bridgehead atoms. The zero-order valence-electron chi connectivity index (χ0n) is 7.27. The summed E-state index contributed by atoms with van der Waals surface area (Å²) in [5.41, 5.74) is 7.28. The Morgan fingerprint density at radius 1 is 1.62 bits per heavy atom. The Labute approximate surface area is 80.0 Å². The third kappa shape index (κ3) is 1.86. The zero-order chi connectivity index (χ0) is 9.26. The van der Waals surface area contributed by atoms with Crippen LogP contribution in [0.4, 0.5) is 5.69 Å². The Kier molecular flexibility index (Phi) is 2.02. The first-order valence-electron chi connectivity index (χ1n) is 3.93. The Morgan fingerprint density at radius 2 is 2.46 bits per heavy atom. The number of nitrogen functional groups attached to an aromatic ring is 1. The van der Waals surface area contributed by atoms with Crippen molar-refractivity contribution in [3.63, 3.8) is 0 Å². The maximum Gasteiger partial charge on any atom is 0.114 e. The molecule has 2 aromatic heterocycles. The molecule has 2 aromatic rings. The number of hydrogen-bond acceptors (Lipinski definition) is 4. The van der Waals surface area contributed by atoms with Crippen LogP contribution in [0, 0.1) is 6.92 Å². The van der Waals surface area contributed by atoms with Crippen molar-refractivity contribution in [1.82, 2.24) is 14.8 Å². The average molecular weight is 194 g/mol. The number of aromatic nitrogens is 3. The van der Waals surface area contributed by atoms with Gasteiger partial charge in [0.1, 0.15) is 5.01 Å². The SMILES string of the molecule is Cc1csc(Cn2cc(N)cn2)n1. The second-order valence-electron chi connectivity index (χ2n) is 2.85. The summed E-state index contributed by atoms with van der Waals surface area (Å²) in [5.74, 6) is 0. The van der Waals surface area contributed by atoms with E-state index >= 15 is 0 Å². The summed E-state index contributed by atoms with van der Waals surface area (Å²) in [7, 11) is 0. The van der Waals surface area contributed by atoms with Crippen molar-refractivity contribution in [2.75, 3.05) is 5.73 Å². The lowest BCUT2D eigenvalue weighted by Gasteiger charge is -1.95. The molecule has 2 rings (SSSR count). The third-order valence-corrected chi connectivity index (χ3v) is 2.57. The summed E-state index contributed by atoms with van der Waals surface area (Å²) in [6, 6.07) is 0. The molecular formula is C8H10N4S. The molecule has 0 atom stereocenters. The largest absolute Gasteiger partial charge is 0.396 e. The van der Waals surface area contributed by atoms with Crippen LogP contribution in [0.2, 0.25) is 0 Å². The van der Waals surface area contributed by atoms with Crippen molar-refractivity contribution in [3.05, 3.63) is 28.5 Å².